The van der Waals surface area contributed by atoms with Gasteiger partial charge in [-0.3, -0.25) is 0 Å². The second-order valence-corrected chi connectivity index (χ2v) is 3.55. The number of ether oxygens (including phenoxy) is 1. The molecule has 0 radical (unpaired) electrons. The van der Waals surface area contributed by atoms with Crippen LogP contribution in [0, 0.1) is 5.92 Å². The summed E-state index contributed by atoms with van der Waals surface area (Å²) in [5.74, 6) is 0.892. The minimum atomic E-state index is 0.140. The predicted molar refractivity (Wildman–Crippen MR) is 48.1 cm³/mol. The molecule has 1 aliphatic rings. The first-order chi connectivity index (χ1) is 5.83. The van der Waals surface area contributed by atoms with Gasteiger partial charge in [-0.05, 0) is 12.3 Å². The van der Waals surface area contributed by atoms with Crippen LogP contribution in [0.2, 0.25) is 0 Å². The molecule has 1 heterocycles. The van der Waals surface area contributed by atoms with Gasteiger partial charge in [0.15, 0.2) is 0 Å². The zero-order valence-corrected chi connectivity index (χ0v) is 7.83. The van der Waals surface area contributed by atoms with Crippen molar-refractivity contribution < 1.29 is 9.84 Å². The van der Waals surface area contributed by atoms with Crippen molar-refractivity contribution in [1.82, 2.24) is 4.90 Å². The maximum atomic E-state index is 8.43. The van der Waals surface area contributed by atoms with Crippen LogP contribution in [0.25, 0.3) is 0 Å². The van der Waals surface area contributed by atoms with Crippen LogP contribution in [-0.2, 0) is 4.74 Å². The van der Waals surface area contributed by atoms with Gasteiger partial charge >= 0.3 is 0 Å². The molecule has 0 aromatic heterocycles. The van der Waals surface area contributed by atoms with Crippen molar-refractivity contribution in [3.63, 3.8) is 0 Å². The Morgan fingerprint density at radius 3 is 2.75 bits per heavy atom. The summed E-state index contributed by atoms with van der Waals surface area (Å²) in [5.41, 5.74) is 0. The Morgan fingerprint density at radius 2 is 2.17 bits per heavy atom. The lowest BCUT2D eigenvalue weighted by Crippen LogP contribution is -2.45. The summed E-state index contributed by atoms with van der Waals surface area (Å²) in [6, 6.07) is 0. The Balaban J connectivity index is 1.77. The summed E-state index contributed by atoms with van der Waals surface area (Å²) in [7, 11) is 0. The number of hydrogen-bond acceptors (Lipinski definition) is 3. The van der Waals surface area contributed by atoms with Crippen LogP contribution in [-0.4, -0.2) is 49.5 Å². The molecule has 0 spiro atoms. The van der Waals surface area contributed by atoms with Gasteiger partial charge in [0.25, 0.3) is 0 Å². The minimum absolute atomic E-state index is 0.140. The van der Waals surface area contributed by atoms with E-state index in [2.05, 4.69) is 11.8 Å². The van der Waals surface area contributed by atoms with E-state index in [4.69, 9.17) is 9.84 Å². The summed E-state index contributed by atoms with van der Waals surface area (Å²) in [6.07, 6.45) is 1.09. The SMILES string of the molecule is CC1CN(CCCOCCO)C1. The van der Waals surface area contributed by atoms with Gasteiger partial charge in [0.2, 0.25) is 0 Å². The van der Waals surface area contributed by atoms with Crippen LogP contribution in [0.3, 0.4) is 0 Å². The van der Waals surface area contributed by atoms with E-state index in [1.54, 1.807) is 0 Å². The normalized spacial score (nSPS) is 19.5. The molecule has 1 N–H and O–H groups in total. The van der Waals surface area contributed by atoms with E-state index in [1.165, 1.54) is 13.1 Å². The maximum absolute atomic E-state index is 8.43. The fourth-order valence-electron chi connectivity index (χ4n) is 1.57. The first-order valence-corrected chi connectivity index (χ1v) is 4.74. The highest BCUT2D eigenvalue weighted by molar-refractivity contribution is 4.75. The van der Waals surface area contributed by atoms with Crippen molar-refractivity contribution in [3.05, 3.63) is 0 Å². The van der Waals surface area contributed by atoms with Crippen molar-refractivity contribution in [2.24, 2.45) is 5.92 Å². The van der Waals surface area contributed by atoms with Crippen LogP contribution < -0.4 is 0 Å². The average molecular weight is 173 g/mol. The lowest BCUT2D eigenvalue weighted by molar-refractivity contribution is 0.0659. The second kappa shape index (κ2) is 5.51. The first kappa shape index (κ1) is 9.96. The lowest BCUT2D eigenvalue weighted by Gasteiger charge is -2.37. The standard InChI is InChI=1S/C9H19NO2/c1-9-7-10(8-9)3-2-5-12-6-4-11/h9,11H,2-8H2,1H3. The predicted octanol–water partition coefficient (Wildman–Crippen LogP) is 0.337. The largest absolute Gasteiger partial charge is 0.394 e. The fourth-order valence-corrected chi connectivity index (χ4v) is 1.57. The topological polar surface area (TPSA) is 32.7 Å². The van der Waals surface area contributed by atoms with Crippen molar-refractivity contribution in [2.75, 3.05) is 39.5 Å². The number of rotatable bonds is 6. The summed E-state index contributed by atoms with van der Waals surface area (Å²) in [5, 5.41) is 8.43. The van der Waals surface area contributed by atoms with Gasteiger partial charge in [0, 0.05) is 26.2 Å². The molecule has 12 heavy (non-hydrogen) atoms. The number of nitrogens with zero attached hydrogens (tertiary/aromatic N) is 1. The highest BCUT2D eigenvalue weighted by Gasteiger charge is 2.20. The fraction of sp³-hybridized carbons (Fsp3) is 1.00. The molecule has 0 aromatic carbocycles. The molecule has 0 atom stereocenters. The van der Waals surface area contributed by atoms with Gasteiger partial charge in [0.05, 0.1) is 13.2 Å². The first-order valence-electron chi connectivity index (χ1n) is 4.74. The Labute approximate surface area is 74.3 Å². The summed E-state index contributed by atoms with van der Waals surface area (Å²) < 4.78 is 5.15. The molecule has 1 saturated heterocycles. The quantitative estimate of drug-likeness (QED) is 0.588. The van der Waals surface area contributed by atoms with Gasteiger partial charge < -0.3 is 14.7 Å². The average Bonchev–Trinajstić information content (AvgIpc) is 2.00. The molecule has 1 fully saturated rings. The van der Waals surface area contributed by atoms with Crippen LogP contribution in [0.5, 0.6) is 0 Å². The number of likely N-dealkylation sites (tertiary alicyclic amines) is 1. The smallest absolute Gasteiger partial charge is 0.0697 e. The maximum Gasteiger partial charge on any atom is 0.0697 e. The zero-order valence-electron chi connectivity index (χ0n) is 7.83. The van der Waals surface area contributed by atoms with Crippen molar-refractivity contribution >= 4 is 0 Å². The Bertz CT molecular complexity index is 113. The van der Waals surface area contributed by atoms with E-state index in [0.29, 0.717) is 6.61 Å². The molecule has 3 nitrogen and oxygen atoms in total. The van der Waals surface area contributed by atoms with E-state index in [1.807, 2.05) is 0 Å². The molecule has 0 aliphatic carbocycles. The van der Waals surface area contributed by atoms with E-state index in [9.17, 15) is 0 Å². The molecule has 0 saturated carbocycles. The molecular formula is C9H19NO2. The molecule has 0 unspecified atom stereocenters. The second-order valence-electron chi connectivity index (χ2n) is 3.55. The molecule has 0 aromatic rings. The van der Waals surface area contributed by atoms with Gasteiger partial charge in [-0.15, -0.1) is 0 Å². The third kappa shape index (κ3) is 3.52. The van der Waals surface area contributed by atoms with Crippen LogP contribution in [0.1, 0.15) is 13.3 Å². The van der Waals surface area contributed by atoms with E-state index < -0.39 is 0 Å². The van der Waals surface area contributed by atoms with Gasteiger partial charge in [-0.25, -0.2) is 0 Å². The number of aliphatic hydroxyl groups is 1. The Morgan fingerprint density at radius 1 is 1.42 bits per heavy atom. The zero-order chi connectivity index (χ0) is 8.81. The van der Waals surface area contributed by atoms with Crippen LogP contribution in [0.4, 0.5) is 0 Å². The Hall–Kier alpha value is -0.120. The monoisotopic (exact) mass is 173 g/mol. The van der Waals surface area contributed by atoms with Crippen molar-refractivity contribution in [2.45, 2.75) is 13.3 Å². The minimum Gasteiger partial charge on any atom is -0.394 e. The molecule has 0 amide bonds. The molecule has 1 aliphatic heterocycles. The molecule has 0 bridgehead atoms. The van der Waals surface area contributed by atoms with E-state index >= 15 is 0 Å². The van der Waals surface area contributed by atoms with Gasteiger partial charge in [-0.1, -0.05) is 6.92 Å². The molecule has 3 heteroatoms. The summed E-state index contributed by atoms with van der Waals surface area (Å²) in [4.78, 5) is 2.44. The third-order valence-corrected chi connectivity index (χ3v) is 2.14. The highest BCUT2D eigenvalue weighted by Crippen LogP contribution is 2.13. The van der Waals surface area contributed by atoms with Gasteiger partial charge in [-0.2, -0.15) is 0 Å². The van der Waals surface area contributed by atoms with Crippen molar-refractivity contribution in [3.8, 4) is 0 Å². The Kier molecular flexibility index (Phi) is 4.58. The third-order valence-electron chi connectivity index (χ3n) is 2.14. The summed E-state index contributed by atoms with van der Waals surface area (Å²) in [6.45, 7) is 7.33. The summed E-state index contributed by atoms with van der Waals surface area (Å²) >= 11 is 0. The molecule has 72 valence electrons. The van der Waals surface area contributed by atoms with Crippen LogP contribution in [0.15, 0.2) is 0 Å². The lowest BCUT2D eigenvalue weighted by atomic mass is 10.0. The molecular weight excluding hydrogens is 154 g/mol. The number of aliphatic hydroxyl groups excluding tert-OH is 1. The van der Waals surface area contributed by atoms with Crippen molar-refractivity contribution in [1.29, 1.82) is 0 Å². The highest BCUT2D eigenvalue weighted by atomic mass is 16.5. The number of hydrogen-bond donors (Lipinski definition) is 1. The van der Waals surface area contributed by atoms with E-state index in [-0.39, 0.29) is 6.61 Å². The van der Waals surface area contributed by atoms with E-state index in [0.717, 1.165) is 25.5 Å². The van der Waals surface area contributed by atoms with Crippen LogP contribution >= 0.6 is 0 Å². The van der Waals surface area contributed by atoms with Gasteiger partial charge in [0.1, 0.15) is 0 Å². The molecule has 1 rings (SSSR count).